The number of rotatable bonds is 4. The van der Waals surface area contributed by atoms with Crippen LogP contribution in [0, 0.1) is 27.7 Å². The lowest BCUT2D eigenvalue weighted by Gasteiger charge is -2.04. The number of hydrogen-bond acceptors (Lipinski definition) is 4. The first-order chi connectivity index (χ1) is 36.3. The molecule has 2 N–H and O–H groups in total. The molecule has 0 atom stereocenters. The molecule has 7 heterocycles. The zero-order valence-corrected chi connectivity index (χ0v) is 42.8. The number of hydrogen-bond donors (Lipinski definition) is 2. The summed E-state index contributed by atoms with van der Waals surface area (Å²) in [5.41, 5.74) is 22.0. The van der Waals surface area contributed by atoms with E-state index in [0.717, 1.165) is 120 Å². The largest absolute Gasteiger partial charge is 0.353 e. The lowest BCUT2D eigenvalue weighted by molar-refractivity contribution is 1.47. The third-order valence-corrected chi connectivity index (χ3v) is 17.5. The van der Waals surface area contributed by atoms with Gasteiger partial charge < -0.3 is 9.97 Å². The normalized spacial score (nSPS) is 12.1. The van der Waals surface area contributed by atoms with E-state index < -0.39 is 0 Å². The van der Waals surface area contributed by atoms with Crippen LogP contribution in [-0.4, -0.2) is 19.9 Å². The number of aryl methyl sites for hydroxylation is 4. The summed E-state index contributed by atoms with van der Waals surface area (Å²) in [5.74, 6) is 0. The number of thiophene rings is 2. The Morgan fingerprint density at radius 2 is 0.595 bits per heavy atom. The Labute approximate surface area is 434 Å². The quantitative estimate of drug-likeness (QED) is 0.185. The molecule has 0 unspecified atom stereocenters. The molecule has 0 saturated carbocycles. The van der Waals surface area contributed by atoms with Gasteiger partial charge in [-0.3, -0.25) is 0 Å². The van der Waals surface area contributed by atoms with Crippen LogP contribution in [-0.2, 0) is 0 Å². The van der Waals surface area contributed by atoms with Gasteiger partial charge in [0, 0.05) is 73.6 Å². The Hall–Kier alpha value is -8.68. The summed E-state index contributed by atoms with van der Waals surface area (Å²) in [6.45, 7) is 8.62. The van der Waals surface area contributed by atoms with Gasteiger partial charge in [-0.1, -0.05) is 168 Å². The molecule has 0 spiro atoms. The molecule has 0 aliphatic carbocycles. The molecule has 0 aliphatic rings. The Morgan fingerprint density at radius 1 is 0.297 bits per heavy atom. The van der Waals surface area contributed by atoms with Gasteiger partial charge in [-0.05, 0) is 120 Å². The van der Waals surface area contributed by atoms with Crippen molar-refractivity contribution in [2.75, 3.05) is 0 Å². The second-order valence-corrected chi connectivity index (χ2v) is 22.3. The second kappa shape index (κ2) is 16.4. The first kappa shape index (κ1) is 43.0. The van der Waals surface area contributed by atoms with E-state index >= 15 is 0 Å². The van der Waals surface area contributed by atoms with E-state index in [1.807, 2.05) is 22.7 Å². The van der Waals surface area contributed by atoms with Gasteiger partial charge in [0.25, 0.3) is 0 Å². The Morgan fingerprint density at radius 3 is 0.932 bits per heavy atom. The minimum Gasteiger partial charge on any atom is -0.353 e. The van der Waals surface area contributed by atoms with Crippen LogP contribution in [0.4, 0.5) is 0 Å². The van der Waals surface area contributed by atoms with Crippen LogP contribution in [0.1, 0.15) is 22.3 Å². The maximum Gasteiger partial charge on any atom is 0.0957 e. The highest BCUT2D eigenvalue weighted by Gasteiger charge is 2.21. The van der Waals surface area contributed by atoms with Crippen molar-refractivity contribution in [3.63, 3.8) is 0 Å². The van der Waals surface area contributed by atoms with Crippen LogP contribution in [0.2, 0.25) is 0 Å². The Bertz CT molecular complexity index is 4280. The minimum absolute atomic E-state index is 0.951. The van der Waals surface area contributed by atoms with Gasteiger partial charge in [-0.25, -0.2) is 9.97 Å². The summed E-state index contributed by atoms with van der Waals surface area (Å²) >= 11 is 3.65. The molecule has 12 bridgehead atoms. The molecule has 15 aromatic rings. The van der Waals surface area contributed by atoms with Gasteiger partial charge in [0.1, 0.15) is 0 Å². The molecule has 0 aliphatic heterocycles. The van der Waals surface area contributed by atoms with Crippen molar-refractivity contribution in [1.29, 1.82) is 0 Å². The number of nitrogens with one attached hydrogen (secondary N) is 2. The van der Waals surface area contributed by atoms with Gasteiger partial charge in [0.15, 0.2) is 0 Å². The molecular formula is C68H46N4S2. The molecule has 74 heavy (non-hydrogen) atoms. The summed E-state index contributed by atoms with van der Waals surface area (Å²) in [6.07, 6.45) is 0. The standard InChI is InChI=1S/C68H46N4S2/c1-37-13-21-41(22-14-37)61-53-33-49-45-9-5-6-10-46(45)50-34-55(70-66(50)65(49)69-53)63(43-25-17-39(3)18-26-43)59-31-32-60(74-59)64(44-27-19-40(4)20-28-44)56-36-52-48-12-8-7-11-47(48)51-35-54(71-67(51)68(52)72-56)62(58-30-29-57(61)73-58)42-23-15-38(2)16-24-42/h5-36,69,72H,1-4H3. The van der Waals surface area contributed by atoms with Crippen LogP contribution in [0.5, 0.6) is 0 Å². The second-order valence-electron chi connectivity index (χ2n) is 20.1. The average Bonchev–Trinajstić information content (AvgIpc) is 4.34. The Kier molecular flexibility index (Phi) is 9.53. The maximum atomic E-state index is 5.73. The van der Waals surface area contributed by atoms with Crippen LogP contribution in [0.25, 0.3) is 151 Å². The summed E-state index contributed by atoms with van der Waals surface area (Å²) in [5, 5.41) is 9.35. The van der Waals surface area contributed by atoms with Crippen molar-refractivity contribution >= 4 is 129 Å². The fourth-order valence-corrected chi connectivity index (χ4v) is 13.9. The number of H-pyrrole nitrogens is 2. The number of aromatic amines is 2. The average molecular weight is 983 g/mol. The van der Waals surface area contributed by atoms with Crippen molar-refractivity contribution in [1.82, 2.24) is 19.9 Å². The Balaban J connectivity index is 1.18. The molecule has 0 amide bonds. The molecule has 0 fully saturated rings. The molecular weight excluding hydrogens is 937 g/mol. The van der Waals surface area contributed by atoms with Crippen molar-refractivity contribution in [3.05, 3.63) is 216 Å². The number of aromatic nitrogens is 4. The fourth-order valence-electron chi connectivity index (χ4n) is 11.6. The molecule has 15 rings (SSSR count). The maximum absolute atomic E-state index is 5.73. The molecule has 350 valence electrons. The monoisotopic (exact) mass is 982 g/mol. The van der Waals surface area contributed by atoms with Crippen LogP contribution in [0.15, 0.2) is 194 Å². The van der Waals surface area contributed by atoms with Crippen molar-refractivity contribution in [2.45, 2.75) is 27.7 Å². The predicted octanol–water partition coefficient (Wildman–Crippen LogP) is 19.8. The highest BCUT2D eigenvalue weighted by atomic mass is 32.1. The van der Waals surface area contributed by atoms with E-state index in [9.17, 15) is 0 Å². The lowest BCUT2D eigenvalue weighted by atomic mass is 10.0. The molecule has 7 aromatic heterocycles. The van der Waals surface area contributed by atoms with E-state index in [4.69, 9.17) is 9.97 Å². The summed E-state index contributed by atoms with van der Waals surface area (Å²) in [6, 6.07) is 72.2. The van der Waals surface area contributed by atoms with E-state index in [0.29, 0.717) is 0 Å². The van der Waals surface area contributed by atoms with E-state index in [1.165, 1.54) is 53.2 Å². The smallest absolute Gasteiger partial charge is 0.0957 e. The highest BCUT2D eigenvalue weighted by molar-refractivity contribution is 7.25. The van der Waals surface area contributed by atoms with E-state index in [1.54, 1.807) is 0 Å². The number of nitrogens with zero attached hydrogens (tertiary/aromatic N) is 2. The molecule has 0 radical (unpaired) electrons. The summed E-state index contributed by atoms with van der Waals surface area (Å²) in [7, 11) is 0. The van der Waals surface area contributed by atoms with Crippen LogP contribution >= 0.6 is 22.7 Å². The van der Waals surface area contributed by atoms with Crippen molar-refractivity contribution in [2.24, 2.45) is 0 Å². The number of fused-ring (bicyclic) bond motifs is 14. The van der Waals surface area contributed by atoms with E-state index in [2.05, 4.69) is 232 Å². The molecule has 4 nitrogen and oxygen atoms in total. The van der Waals surface area contributed by atoms with Gasteiger partial charge in [-0.15, -0.1) is 22.7 Å². The zero-order valence-electron chi connectivity index (χ0n) is 41.2. The predicted molar refractivity (Wildman–Crippen MR) is 320 cm³/mol. The van der Waals surface area contributed by atoms with Crippen LogP contribution < -0.4 is 0 Å². The first-order valence-electron chi connectivity index (χ1n) is 25.3. The van der Waals surface area contributed by atoms with Gasteiger partial charge >= 0.3 is 0 Å². The third kappa shape index (κ3) is 6.72. The third-order valence-electron chi connectivity index (χ3n) is 15.3. The van der Waals surface area contributed by atoms with Gasteiger partial charge in [0.05, 0.1) is 33.1 Å². The topological polar surface area (TPSA) is 57.4 Å². The van der Waals surface area contributed by atoms with Crippen molar-refractivity contribution < 1.29 is 0 Å². The zero-order chi connectivity index (χ0) is 49.3. The summed E-state index contributed by atoms with van der Waals surface area (Å²) in [4.78, 5) is 19.6. The molecule has 8 aromatic carbocycles. The van der Waals surface area contributed by atoms with E-state index in [-0.39, 0.29) is 0 Å². The molecule has 6 heteroatoms. The van der Waals surface area contributed by atoms with Crippen LogP contribution in [0.3, 0.4) is 0 Å². The highest BCUT2D eigenvalue weighted by Crippen LogP contribution is 2.46. The van der Waals surface area contributed by atoms with Crippen molar-refractivity contribution in [3.8, 4) is 44.5 Å². The van der Waals surface area contributed by atoms with Gasteiger partial charge in [0.2, 0.25) is 0 Å². The van der Waals surface area contributed by atoms with Gasteiger partial charge in [-0.2, -0.15) is 0 Å². The lowest BCUT2D eigenvalue weighted by Crippen LogP contribution is -1.81. The minimum atomic E-state index is 0.951. The first-order valence-corrected chi connectivity index (χ1v) is 26.9. The number of benzene rings is 8. The molecule has 0 saturated heterocycles. The SMILES string of the molecule is Cc1ccc(-c2c3cc4c5ccccc5c5cc([nH]c5c4n3)c(-c3ccc(C)cc3)c3ccc(s3)c(-c3ccc(C)cc3)c3cc4c5ccccc5c5cc([nH]c5c4n3)c(-c3ccc(C)cc3)c3ccc2s3)cc1. The fraction of sp³-hybridized carbons (Fsp3) is 0.0588. The summed E-state index contributed by atoms with van der Waals surface area (Å²) < 4.78 is 4.64.